The smallest absolute Gasteiger partial charge is 0.317 e. The van der Waals surface area contributed by atoms with Crippen LogP contribution in [0.3, 0.4) is 0 Å². The van der Waals surface area contributed by atoms with Crippen molar-refractivity contribution < 1.29 is 14.7 Å². The number of amides is 2. The van der Waals surface area contributed by atoms with E-state index in [0.29, 0.717) is 26.1 Å². The fraction of sp³-hybridized carbons (Fsp3) is 0.556. The molecule has 1 saturated carbocycles. The maximum Gasteiger partial charge on any atom is 0.317 e. The van der Waals surface area contributed by atoms with Gasteiger partial charge in [-0.3, -0.25) is 4.79 Å². The molecule has 23 heavy (non-hydrogen) atoms. The molecule has 1 heterocycles. The molecule has 1 atom stereocenters. The van der Waals surface area contributed by atoms with Crippen LogP contribution in [0.4, 0.5) is 4.79 Å². The van der Waals surface area contributed by atoms with Crippen molar-refractivity contribution >= 4 is 12.0 Å². The van der Waals surface area contributed by atoms with Gasteiger partial charge in [0.2, 0.25) is 0 Å². The molecule has 1 aliphatic carbocycles. The molecule has 1 saturated heterocycles. The van der Waals surface area contributed by atoms with Gasteiger partial charge in [-0.15, -0.1) is 0 Å². The van der Waals surface area contributed by atoms with Gasteiger partial charge in [-0.05, 0) is 43.7 Å². The predicted octanol–water partition coefficient (Wildman–Crippen LogP) is 2.53. The zero-order valence-electron chi connectivity index (χ0n) is 13.5. The summed E-state index contributed by atoms with van der Waals surface area (Å²) >= 11 is 0. The van der Waals surface area contributed by atoms with E-state index in [9.17, 15) is 9.59 Å². The molecule has 2 amide bonds. The molecule has 124 valence electrons. The summed E-state index contributed by atoms with van der Waals surface area (Å²) < 4.78 is 0. The second-order valence-electron chi connectivity index (χ2n) is 6.88. The summed E-state index contributed by atoms with van der Waals surface area (Å²) in [6.07, 6.45) is 3.60. The van der Waals surface area contributed by atoms with Gasteiger partial charge >= 0.3 is 12.0 Å². The molecule has 1 aliphatic heterocycles. The van der Waals surface area contributed by atoms with Crippen molar-refractivity contribution in [2.45, 2.75) is 38.0 Å². The number of aliphatic carboxylic acids is 1. The van der Waals surface area contributed by atoms with Crippen molar-refractivity contribution in [1.82, 2.24) is 10.2 Å². The van der Waals surface area contributed by atoms with Gasteiger partial charge in [0.15, 0.2) is 0 Å². The van der Waals surface area contributed by atoms with E-state index in [1.54, 1.807) is 4.90 Å². The van der Waals surface area contributed by atoms with Gasteiger partial charge < -0.3 is 15.3 Å². The summed E-state index contributed by atoms with van der Waals surface area (Å²) in [5.41, 5.74) is 2.66. The van der Waals surface area contributed by atoms with Gasteiger partial charge in [-0.25, -0.2) is 4.79 Å². The van der Waals surface area contributed by atoms with Crippen LogP contribution in [0.2, 0.25) is 0 Å². The molecule has 1 aromatic rings. The Balaban J connectivity index is 1.59. The number of piperidine rings is 1. The van der Waals surface area contributed by atoms with Crippen LogP contribution in [-0.2, 0) is 10.2 Å². The number of nitrogens with zero attached hydrogens (tertiary/aromatic N) is 1. The first-order chi connectivity index (χ1) is 11.0. The van der Waals surface area contributed by atoms with Crippen LogP contribution in [-0.4, -0.2) is 41.6 Å². The Morgan fingerprint density at radius 2 is 2.09 bits per heavy atom. The molecule has 0 aromatic heterocycles. The Morgan fingerprint density at radius 3 is 2.74 bits per heavy atom. The molecule has 1 aromatic carbocycles. The summed E-state index contributed by atoms with van der Waals surface area (Å²) in [6.45, 7) is 3.70. The van der Waals surface area contributed by atoms with Crippen LogP contribution < -0.4 is 5.32 Å². The first-order valence-corrected chi connectivity index (χ1v) is 8.33. The third-order valence-corrected chi connectivity index (χ3v) is 5.21. The highest BCUT2D eigenvalue weighted by Gasteiger charge is 2.45. The Morgan fingerprint density at radius 1 is 1.35 bits per heavy atom. The van der Waals surface area contributed by atoms with Crippen molar-refractivity contribution in [3.8, 4) is 0 Å². The third kappa shape index (κ3) is 3.33. The zero-order valence-corrected chi connectivity index (χ0v) is 13.5. The quantitative estimate of drug-likeness (QED) is 0.897. The normalized spacial score (nSPS) is 22.5. The molecule has 2 fully saturated rings. The average Bonchev–Trinajstić information content (AvgIpc) is 3.34. The second kappa shape index (κ2) is 6.22. The van der Waals surface area contributed by atoms with E-state index in [1.165, 1.54) is 11.1 Å². The lowest BCUT2D eigenvalue weighted by Gasteiger charge is -2.31. The highest BCUT2D eigenvalue weighted by Crippen LogP contribution is 2.48. The maximum atomic E-state index is 12.4. The highest BCUT2D eigenvalue weighted by molar-refractivity contribution is 5.76. The first-order valence-electron chi connectivity index (χ1n) is 8.33. The number of nitrogens with one attached hydrogen (secondary N) is 1. The minimum absolute atomic E-state index is 0.0724. The molecule has 0 spiro atoms. The van der Waals surface area contributed by atoms with Crippen molar-refractivity contribution in [1.29, 1.82) is 0 Å². The van der Waals surface area contributed by atoms with Crippen LogP contribution in [0.5, 0.6) is 0 Å². The number of likely N-dealkylation sites (tertiary alicyclic amines) is 1. The molecule has 2 aliphatic rings. The number of benzene rings is 1. The topological polar surface area (TPSA) is 69.6 Å². The monoisotopic (exact) mass is 316 g/mol. The van der Waals surface area contributed by atoms with Gasteiger partial charge in [0.25, 0.3) is 0 Å². The Bertz CT molecular complexity index is 610. The average molecular weight is 316 g/mol. The summed E-state index contributed by atoms with van der Waals surface area (Å²) in [6, 6.07) is 8.21. The van der Waals surface area contributed by atoms with E-state index in [4.69, 9.17) is 5.11 Å². The lowest BCUT2D eigenvalue weighted by Crippen LogP contribution is -2.48. The number of rotatable bonds is 4. The Kier molecular flexibility index (Phi) is 4.28. The number of carbonyl (C=O) groups is 2. The molecular weight excluding hydrogens is 292 g/mol. The zero-order chi connectivity index (χ0) is 16.4. The summed E-state index contributed by atoms with van der Waals surface area (Å²) in [5.74, 6) is -1.23. The Hall–Kier alpha value is -2.04. The van der Waals surface area contributed by atoms with Gasteiger partial charge in [-0.1, -0.05) is 24.3 Å². The molecule has 0 radical (unpaired) electrons. The summed E-state index contributed by atoms with van der Waals surface area (Å²) in [7, 11) is 0. The van der Waals surface area contributed by atoms with Crippen molar-refractivity contribution in [2.24, 2.45) is 5.92 Å². The maximum absolute atomic E-state index is 12.4. The van der Waals surface area contributed by atoms with Crippen LogP contribution >= 0.6 is 0 Å². The van der Waals surface area contributed by atoms with Gasteiger partial charge in [0, 0.05) is 25.0 Å². The highest BCUT2D eigenvalue weighted by atomic mass is 16.4. The molecule has 5 heteroatoms. The summed E-state index contributed by atoms with van der Waals surface area (Å²) in [5, 5.41) is 12.2. The summed E-state index contributed by atoms with van der Waals surface area (Å²) in [4.78, 5) is 25.1. The van der Waals surface area contributed by atoms with Gasteiger partial charge in [-0.2, -0.15) is 0 Å². The lowest BCUT2D eigenvalue weighted by atomic mass is 9.92. The lowest BCUT2D eigenvalue weighted by molar-refractivity contribution is -0.143. The van der Waals surface area contributed by atoms with Crippen molar-refractivity contribution in [3.63, 3.8) is 0 Å². The molecular formula is C18H24N2O3. The van der Waals surface area contributed by atoms with Crippen molar-refractivity contribution in [3.05, 3.63) is 35.4 Å². The molecule has 5 nitrogen and oxygen atoms in total. The number of hydrogen-bond donors (Lipinski definition) is 2. The van der Waals surface area contributed by atoms with E-state index < -0.39 is 11.9 Å². The van der Waals surface area contributed by atoms with Crippen LogP contribution in [0, 0.1) is 12.8 Å². The fourth-order valence-corrected chi connectivity index (χ4v) is 3.58. The third-order valence-electron chi connectivity index (χ3n) is 5.21. The van der Waals surface area contributed by atoms with E-state index in [0.717, 1.165) is 19.3 Å². The van der Waals surface area contributed by atoms with Gasteiger partial charge in [0.05, 0.1) is 5.92 Å². The van der Waals surface area contributed by atoms with Crippen LogP contribution in [0.25, 0.3) is 0 Å². The van der Waals surface area contributed by atoms with Gasteiger partial charge in [0.1, 0.15) is 0 Å². The molecule has 1 unspecified atom stereocenters. The number of carbonyl (C=O) groups excluding carboxylic acids is 1. The number of urea groups is 1. The molecule has 3 rings (SSSR count). The van der Waals surface area contributed by atoms with Crippen LogP contribution in [0.15, 0.2) is 24.3 Å². The number of carboxylic acids is 1. The van der Waals surface area contributed by atoms with E-state index in [-0.39, 0.29) is 11.4 Å². The number of hydrogen-bond acceptors (Lipinski definition) is 2. The first kappa shape index (κ1) is 15.8. The fourth-order valence-electron chi connectivity index (χ4n) is 3.58. The second-order valence-corrected chi connectivity index (χ2v) is 6.88. The molecule has 0 bridgehead atoms. The van der Waals surface area contributed by atoms with Crippen LogP contribution in [0.1, 0.15) is 36.8 Å². The number of carboxylic acid groups (broad SMARTS) is 1. The van der Waals surface area contributed by atoms with E-state index >= 15 is 0 Å². The molecule has 2 N–H and O–H groups in total. The van der Waals surface area contributed by atoms with E-state index in [2.05, 4.69) is 24.4 Å². The Labute approximate surface area is 136 Å². The largest absolute Gasteiger partial charge is 0.481 e. The minimum Gasteiger partial charge on any atom is -0.481 e. The number of aryl methyl sites for hydroxylation is 1. The predicted molar refractivity (Wildman–Crippen MR) is 87.4 cm³/mol. The van der Waals surface area contributed by atoms with E-state index in [1.807, 2.05) is 12.1 Å². The minimum atomic E-state index is -0.805. The SMILES string of the molecule is Cc1ccccc1C1(CNC(=O)N2CCCC(C(=O)O)C2)CC1. The standard InChI is InChI=1S/C18H24N2O3/c1-13-5-2-3-7-15(13)18(8-9-18)12-19-17(23)20-10-4-6-14(11-20)16(21)22/h2-3,5,7,14H,4,6,8-12H2,1H3,(H,19,23)(H,21,22). The van der Waals surface area contributed by atoms with Crippen molar-refractivity contribution in [2.75, 3.05) is 19.6 Å².